The molecule has 0 spiro atoms. The molecule has 0 aromatic heterocycles. The van der Waals surface area contributed by atoms with Gasteiger partial charge in [-0.15, -0.1) is 0 Å². The summed E-state index contributed by atoms with van der Waals surface area (Å²) in [6, 6.07) is 0. The molecular formula is C17H31NO6. The van der Waals surface area contributed by atoms with Crippen molar-refractivity contribution in [3.63, 3.8) is 0 Å². The molecule has 1 amide bonds. The summed E-state index contributed by atoms with van der Waals surface area (Å²) in [4.78, 5) is 34.6. The Bertz CT molecular complexity index is 437. The fraction of sp³-hybridized carbons (Fsp3) is 0.824. The second-order valence-corrected chi connectivity index (χ2v) is 6.92. The molecule has 7 heteroatoms. The van der Waals surface area contributed by atoms with Gasteiger partial charge in [0.1, 0.15) is 0 Å². The van der Waals surface area contributed by atoms with Gasteiger partial charge in [-0.25, -0.2) is 4.79 Å². The van der Waals surface area contributed by atoms with E-state index in [0.717, 1.165) is 12.8 Å². The minimum atomic E-state index is -1.04. The third kappa shape index (κ3) is 9.37. The highest BCUT2D eigenvalue weighted by atomic mass is 16.7. The van der Waals surface area contributed by atoms with Gasteiger partial charge in [0.25, 0.3) is 0 Å². The summed E-state index contributed by atoms with van der Waals surface area (Å²) in [5.74, 6) is -1.54. The van der Waals surface area contributed by atoms with Gasteiger partial charge in [0.15, 0.2) is 0 Å². The first-order chi connectivity index (χ1) is 11.0. The van der Waals surface area contributed by atoms with Gasteiger partial charge in [0.05, 0.1) is 17.9 Å². The summed E-state index contributed by atoms with van der Waals surface area (Å²) in [5.41, 5.74) is -0.931. The average molecular weight is 345 g/mol. The number of ether oxygens (including phenoxy) is 2. The van der Waals surface area contributed by atoms with Gasteiger partial charge in [-0.3, -0.25) is 9.59 Å². The Morgan fingerprint density at radius 3 is 2.17 bits per heavy atom. The van der Waals surface area contributed by atoms with Gasteiger partial charge in [0, 0.05) is 6.92 Å². The number of carboxylic acids is 1. The number of esters is 1. The number of carbonyl (C=O) groups excluding carboxylic acids is 2. The van der Waals surface area contributed by atoms with E-state index in [1.807, 2.05) is 6.92 Å². The molecule has 0 saturated heterocycles. The molecule has 24 heavy (non-hydrogen) atoms. The van der Waals surface area contributed by atoms with E-state index in [-0.39, 0.29) is 18.3 Å². The van der Waals surface area contributed by atoms with Gasteiger partial charge in [0.2, 0.25) is 6.29 Å². The maximum Gasteiger partial charge on any atom is 0.410 e. The number of nitrogens with one attached hydrogen (secondary N) is 1. The molecule has 0 aliphatic carbocycles. The number of aliphatic carboxylic acids is 1. The summed E-state index contributed by atoms with van der Waals surface area (Å²) in [7, 11) is 0. The lowest BCUT2D eigenvalue weighted by Crippen LogP contribution is -2.49. The first-order valence-electron chi connectivity index (χ1n) is 8.40. The van der Waals surface area contributed by atoms with Crippen LogP contribution in [-0.2, 0) is 19.1 Å². The summed E-state index contributed by atoms with van der Waals surface area (Å²) in [5, 5.41) is 11.7. The average Bonchev–Trinajstić information content (AvgIpc) is 2.35. The number of carboxylic acid groups (broad SMARTS) is 1. The molecular weight excluding hydrogens is 314 g/mol. The van der Waals surface area contributed by atoms with Gasteiger partial charge in [-0.2, -0.15) is 0 Å². The molecule has 0 heterocycles. The van der Waals surface area contributed by atoms with E-state index in [1.165, 1.54) is 6.92 Å². The van der Waals surface area contributed by atoms with Crippen LogP contribution in [0.1, 0.15) is 67.2 Å². The zero-order valence-corrected chi connectivity index (χ0v) is 15.5. The monoisotopic (exact) mass is 345 g/mol. The lowest BCUT2D eigenvalue weighted by atomic mass is 9.85. The Labute approximate surface area is 144 Å². The van der Waals surface area contributed by atoms with Crippen molar-refractivity contribution in [3.8, 4) is 0 Å². The van der Waals surface area contributed by atoms with Crippen LogP contribution in [0.3, 0.4) is 0 Å². The number of hydrogen-bond acceptors (Lipinski definition) is 5. The van der Waals surface area contributed by atoms with Crippen molar-refractivity contribution in [2.45, 2.75) is 79.1 Å². The van der Waals surface area contributed by atoms with Gasteiger partial charge in [-0.1, -0.05) is 40.5 Å². The minimum Gasteiger partial charge on any atom is -0.481 e. The molecule has 1 unspecified atom stereocenters. The predicted octanol–water partition coefficient (Wildman–Crippen LogP) is 3.32. The zero-order valence-electron chi connectivity index (χ0n) is 15.5. The van der Waals surface area contributed by atoms with Crippen molar-refractivity contribution in [2.75, 3.05) is 0 Å². The van der Waals surface area contributed by atoms with E-state index in [2.05, 4.69) is 12.2 Å². The highest BCUT2D eigenvalue weighted by Crippen LogP contribution is 2.24. The van der Waals surface area contributed by atoms with E-state index >= 15 is 0 Å². The fourth-order valence-electron chi connectivity index (χ4n) is 2.62. The second kappa shape index (κ2) is 10.2. The van der Waals surface area contributed by atoms with Crippen LogP contribution >= 0.6 is 0 Å². The van der Waals surface area contributed by atoms with Gasteiger partial charge < -0.3 is 19.9 Å². The lowest BCUT2D eigenvalue weighted by Gasteiger charge is -2.32. The van der Waals surface area contributed by atoms with Crippen molar-refractivity contribution in [3.05, 3.63) is 0 Å². The molecule has 7 nitrogen and oxygen atoms in total. The Hall–Kier alpha value is -1.79. The molecule has 0 aromatic carbocycles. The SMILES string of the molecule is CCCC(C)C[C@](C)(CC(=O)O)NC(=O)O[C@H](C)OC(=O)C(C)C. The normalized spacial score (nSPS) is 16.0. The van der Waals surface area contributed by atoms with Crippen LogP contribution in [0.5, 0.6) is 0 Å². The van der Waals surface area contributed by atoms with E-state index in [4.69, 9.17) is 14.6 Å². The Kier molecular flexibility index (Phi) is 9.40. The fourth-order valence-corrected chi connectivity index (χ4v) is 2.62. The van der Waals surface area contributed by atoms with Crippen LogP contribution in [-0.4, -0.2) is 35.0 Å². The van der Waals surface area contributed by atoms with Gasteiger partial charge >= 0.3 is 18.0 Å². The van der Waals surface area contributed by atoms with E-state index < -0.39 is 29.9 Å². The number of hydrogen-bond donors (Lipinski definition) is 2. The number of alkyl carbamates (subject to hydrolysis) is 1. The molecule has 3 atom stereocenters. The standard InChI is InChI=1S/C17H31NO6/c1-7-8-12(4)9-17(6,10-14(19)20)18-16(22)24-13(5)23-15(21)11(2)3/h11-13H,7-10H2,1-6H3,(H,18,22)(H,19,20)/t12?,13-,17-/m1/s1. The van der Waals surface area contributed by atoms with Crippen molar-refractivity contribution in [1.29, 1.82) is 0 Å². The molecule has 0 aliphatic heterocycles. The molecule has 0 radical (unpaired) electrons. The topological polar surface area (TPSA) is 102 Å². The Morgan fingerprint density at radius 2 is 1.71 bits per heavy atom. The largest absolute Gasteiger partial charge is 0.481 e. The van der Waals surface area contributed by atoms with Gasteiger partial charge in [-0.05, 0) is 19.3 Å². The van der Waals surface area contributed by atoms with Crippen molar-refractivity contribution < 1.29 is 29.0 Å². The van der Waals surface area contributed by atoms with Crippen LogP contribution < -0.4 is 5.32 Å². The third-order valence-corrected chi connectivity index (χ3v) is 3.55. The van der Waals surface area contributed by atoms with Crippen LogP contribution in [0.2, 0.25) is 0 Å². The van der Waals surface area contributed by atoms with Crippen molar-refractivity contribution in [2.24, 2.45) is 11.8 Å². The quantitative estimate of drug-likeness (QED) is 0.465. The highest BCUT2D eigenvalue weighted by Gasteiger charge is 2.32. The smallest absolute Gasteiger partial charge is 0.410 e. The molecule has 140 valence electrons. The maximum absolute atomic E-state index is 12.0. The summed E-state index contributed by atoms with van der Waals surface area (Å²) in [6.07, 6.45) is 0.387. The summed E-state index contributed by atoms with van der Waals surface area (Å²) >= 11 is 0. The lowest BCUT2D eigenvalue weighted by molar-refractivity contribution is -0.168. The first kappa shape index (κ1) is 22.2. The van der Waals surface area contributed by atoms with E-state index in [1.54, 1.807) is 20.8 Å². The Balaban J connectivity index is 4.74. The molecule has 0 aromatic rings. The predicted molar refractivity (Wildman–Crippen MR) is 89.4 cm³/mol. The van der Waals surface area contributed by atoms with Crippen LogP contribution in [0.15, 0.2) is 0 Å². The second-order valence-electron chi connectivity index (χ2n) is 6.92. The molecule has 0 rings (SSSR count). The third-order valence-electron chi connectivity index (χ3n) is 3.55. The van der Waals surface area contributed by atoms with Crippen molar-refractivity contribution >= 4 is 18.0 Å². The molecule has 0 aliphatic rings. The van der Waals surface area contributed by atoms with Crippen LogP contribution in [0, 0.1) is 11.8 Å². The number of carbonyl (C=O) groups is 3. The molecule has 0 fully saturated rings. The summed E-state index contributed by atoms with van der Waals surface area (Å²) < 4.78 is 9.96. The first-order valence-corrected chi connectivity index (χ1v) is 8.40. The zero-order chi connectivity index (χ0) is 18.9. The van der Waals surface area contributed by atoms with E-state index in [0.29, 0.717) is 6.42 Å². The van der Waals surface area contributed by atoms with Crippen molar-refractivity contribution in [1.82, 2.24) is 5.32 Å². The molecule has 2 N–H and O–H groups in total. The summed E-state index contributed by atoms with van der Waals surface area (Å²) in [6.45, 7) is 10.5. The highest BCUT2D eigenvalue weighted by molar-refractivity contribution is 5.73. The van der Waals surface area contributed by atoms with Crippen LogP contribution in [0.25, 0.3) is 0 Å². The number of rotatable bonds is 10. The minimum absolute atomic E-state index is 0.212. The van der Waals surface area contributed by atoms with E-state index in [9.17, 15) is 14.4 Å². The number of amides is 1. The molecule has 0 saturated carbocycles. The maximum atomic E-state index is 12.0. The Morgan fingerprint density at radius 1 is 1.12 bits per heavy atom. The molecule has 0 bridgehead atoms. The van der Waals surface area contributed by atoms with Crippen LogP contribution in [0.4, 0.5) is 4.79 Å².